The van der Waals surface area contributed by atoms with Crippen LogP contribution in [-0.4, -0.2) is 56.4 Å². The third-order valence-electron chi connectivity index (χ3n) is 8.48. The Morgan fingerprint density at radius 1 is 0.372 bits per heavy atom. The van der Waals surface area contributed by atoms with E-state index in [9.17, 15) is 0 Å². The van der Waals surface area contributed by atoms with Crippen molar-refractivity contribution in [3.05, 3.63) is 117 Å². The van der Waals surface area contributed by atoms with Gasteiger partial charge in [0.1, 0.15) is 12.2 Å². The van der Waals surface area contributed by atoms with E-state index in [1.54, 1.807) is 0 Å². The van der Waals surface area contributed by atoms with Crippen LogP contribution < -0.4 is 19.6 Å². The second-order valence-corrected chi connectivity index (χ2v) is 12.6. The normalized spacial score (nSPS) is 11.3. The van der Waals surface area contributed by atoms with Crippen LogP contribution in [0.3, 0.4) is 0 Å². The molecule has 0 unspecified atom stereocenters. The first-order valence-corrected chi connectivity index (χ1v) is 15.1. The predicted molar refractivity (Wildman–Crippen MR) is 187 cm³/mol. The molecule has 0 aliphatic heterocycles. The minimum Gasteiger partial charge on any atom is -0.378 e. The highest BCUT2D eigenvalue weighted by atomic mass is 16.5. The van der Waals surface area contributed by atoms with Crippen LogP contribution in [0.1, 0.15) is 56.7 Å². The van der Waals surface area contributed by atoms with Crippen LogP contribution in [-0.2, 0) is 4.74 Å². The average Bonchev–Trinajstić information content (AvgIpc) is 2.94. The monoisotopic (exact) mass is 578 g/mol. The van der Waals surface area contributed by atoms with Gasteiger partial charge in [0.25, 0.3) is 0 Å². The van der Waals surface area contributed by atoms with Crippen LogP contribution in [0.25, 0.3) is 0 Å². The van der Waals surface area contributed by atoms with Crippen LogP contribution in [0.15, 0.2) is 72.8 Å². The molecule has 0 spiro atoms. The second-order valence-electron chi connectivity index (χ2n) is 12.6. The zero-order valence-corrected chi connectivity index (χ0v) is 28.3. The molecule has 0 saturated carbocycles. The lowest BCUT2D eigenvalue weighted by Crippen LogP contribution is -2.18. The van der Waals surface area contributed by atoms with E-state index in [0.29, 0.717) is 0 Å². The summed E-state index contributed by atoms with van der Waals surface area (Å²) >= 11 is 0. The van der Waals surface area contributed by atoms with E-state index in [1.807, 2.05) is 0 Å². The zero-order chi connectivity index (χ0) is 31.6. The van der Waals surface area contributed by atoms with E-state index in [-0.39, 0.29) is 12.2 Å². The molecule has 5 nitrogen and oxygen atoms in total. The van der Waals surface area contributed by atoms with E-state index in [0.717, 1.165) is 0 Å². The van der Waals surface area contributed by atoms with E-state index in [4.69, 9.17) is 4.74 Å². The molecular weight excluding hydrogens is 528 g/mol. The molecule has 0 fully saturated rings. The van der Waals surface area contributed by atoms with Gasteiger partial charge < -0.3 is 24.3 Å². The molecule has 0 aromatic heterocycles. The standard InChI is InChI=1S/C38H50N4O/c1-25-21-29(39(5)6)13-17-33(25)37(34-18-14-30(40(7)8)22-26(34)2)43-38(35-19-15-31(41(9)10)23-27(35)3)36-20-16-32(42(11)12)24-28(36)4/h13-24,37-38H,1-12H3. The topological polar surface area (TPSA) is 22.2 Å². The maximum Gasteiger partial charge on any atom is 0.109 e. The number of hydrogen-bond donors (Lipinski definition) is 0. The Morgan fingerprint density at radius 3 is 0.744 bits per heavy atom. The molecule has 0 atom stereocenters. The van der Waals surface area contributed by atoms with Gasteiger partial charge in [-0.1, -0.05) is 24.3 Å². The minimum atomic E-state index is -0.265. The average molecular weight is 579 g/mol. The SMILES string of the molecule is Cc1cc(N(C)C)ccc1C(OC(c1ccc(N(C)C)cc1C)c1ccc(N(C)C)cc1C)c1ccc(N(C)C)cc1C. The Hall–Kier alpha value is -3.96. The van der Waals surface area contributed by atoms with Crippen molar-refractivity contribution in [2.45, 2.75) is 39.9 Å². The first-order chi connectivity index (χ1) is 20.3. The van der Waals surface area contributed by atoms with Gasteiger partial charge >= 0.3 is 0 Å². The van der Waals surface area contributed by atoms with Crippen molar-refractivity contribution in [2.24, 2.45) is 0 Å². The van der Waals surface area contributed by atoms with Crippen molar-refractivity contribution in [3.63, 3.8) is 0 Å². The fraction of sp³-hybridized carbons (Fsp3) is 0.368. The van der Waals surface area contributed by atoms with Gasteiger partial charge in [-0.15, -0.1) is 0 Å². The van der Waals surface area contributed by atoms with Gasteiger partial charge in [-0.3, -0.25) is 0 Å². The molecule has 0 amide bonds. The van der Waals surface area contributed by atoms with Gasteiger partial charge in [0.15, 0.2) is 0 Å². The Balaban J connectivity index is 1.95. The van der Waals surface area contributed by atoms with Crippen molar-refractivity contribution in [3.8, 4) is 0 Å². The van der Waals surface area contributed by atoms with Gasteiger partial charge in [-0.2, -0.15) is 0 Å². The Morgan fingerprint density at radius 2 is 0.581 bits per heavy atom. The number of anilines is 4. The highest BCUT2D eigenvalue weighted by Crippen LogP contribution is 2.42. The molecule has 0 bridgehead atoms. The molecule has 0 radical (unpaired) electrons. The van der Waals surface area contributed by atoms with Gasteiger partial charge in [0.05, 0.1) is 0 Å². The zero-order valence-electron chi connectivity index (χ0n) is 28.3. The molecule has 0 aliphatic carbocycles. The lowest BCUT2D eigenvalue weighted by molar-refractivity contribution is 0.0295. The van der Waals surface area contributed by atoms with Crippen LogP contribution >= 0.6 is 0 Å². The molecule has 0 N–H and O–H groups in total. The predicted octanol–water partition coefficient (Wildman–Crippen LogP) is 8.08. The molecule has 4 aromatic carbocycles. The number of benzene rings is 4. The Labute approximate surface area is 260 Å². The molecule has 0 saturated heterocycles. The van der Waals surface area contributed by atoms with Gasteiger partial charge in [0, 0.05) is 79.1 Å². The summed E-state index contributed by atoms with van der Waals surface area (Å²) in [7, 11) is 16.7. The molecule has 5 heteroatoms. The molecule has 0 aliphatic rings. The van der Waals surface area contributed by atoms with Gasteiger partial charge in [-0.25, -0.2) is 0 Å². The summed E-state index contributed by atoms with van der Waals surface area (Å²) in [4.78, 5) is 8.60. The summed E-state index contributed by atoms with van der Waals surface area (Å²) in [6.07, 6.45) is -0.531. The Kier molecular flexibility index (Phi) is 9.76. The molecule has 228 valence electrons. The summed E-state index contributed by atoms with van der Waals surface area (Å²) in [5.41, 5.74) is 14.3. The lowest BCUT2D eigenvalue weighted by atomic mass is 9.90. The Bertz CT molecular complexity index is 1340. The maximum atomic E-state index is 7.47. The van der Waals surface area contributed by atoms with Crippen molar-refractivity contribution in [1.82, 2.24) is 0 Å². The van der Waals surface area contributed by atoms with Crippen LogP contribution in [0.2, 0.25) is 0 Å². The van der Waals surface area contributed by atoms with Crippen molar-refractivity contribution >= 4 is 22.7 Å². The van der Waals surface area contributed by atoms with E-state index >= 15 is 0 Å². The number of rotatable bonds is 10. The highest BCUT2D eigenvalue weighted by molar-refractivity contribution is 5.57. The quantitative estimate of drug-likeness (QED) is 0.189. The number of nitrogens with zero attached hydrogens (tertiary/aromatic N) is 4. The second kappa shape index (κ2) is 13.1. The number of ether oxygens (including phenoxy) is 1. The smallest absolute Gasteiger partial charge is 0.109 e. The summed E-state index contributed by atoms with van der Waals surface area (Å²) in [6, 6.07) is 26.8. The summed E-state index contributed by atoms with van der Waals surface area (Å²) in [5.74, 6) is 0. The summed E-state index contributed by atoms with van der Waals surface area (Å²) < 4.78 is 7.47. The van der Waals surface area contributed by atoms with E-state index in [1.165, 1.54) is 67.3 Å². The summed E-state index contributed by atoms with van der Waals surface area (Å²) in [5, 5.41) is 0. The van der Waals surface area contributed by atoms with Crippen molar-refractivity contribution in [1.29, 1.82) is 0 Å². The fourth-order valence-corrected chi connectivity index (χ4v) is 5.69. The third-order valence-corrected chi connectivity index (χ3v) is 8.48. The number of aryl methyl sites for hydroxylation is 4. The molecule has 43 heavy (non-hydrogen) atoms. The van der Waals surface area contributed by atoms with Crippen molar-refractivity contribution < 1.29 is 4.74 Å². The highest BCUT2D eigenvalue weighted by Gasteiger charge is 2.28. The van der Waals surface area contributed by atoms with E-state index in [2.05, 4.69) is 176 Å². The van der Waals surface area contributed by atoms with Crippen LogP contribution in [0.4, 0.5) is 22.7 Å². The first kappa shape index (κ1) is 32.0. The third kappa shape index (κ3) is 7.00. The van der Waals surface area contributed by atoms with Gasteiger partial charge in [-0.05, 0) is 121 Å². The molecule has 4 rings (SSSR count). The van der Waals surface area contributed by atoms with Crippen LogP contribution in [0.5, 0.6) is 0 Å². The first-order valence-electron chi connectivity index (χ1n) is 15.1. The van der Waals surface area contributed by atoms with Crippen LogP contribution in [0, 0.1) is 27.7 Å². The lowest BCUT2D eigenvalue weighted by Gasteiger charge is -2.31. The maximum absolute atomic E-state index is 7.47. The molecule has 0 heterocycles. The fourth-order valence-electron chi connectivity index (χ4n) is 5.69. The van der Waals surface area contributed by atoms with Gasteiger partial charge in [0.2, 0.25) is 0 Å². The van der Waals surface area contributed by atoms with Crippen molar-refractivity contribution in [2.75, 3.05) is 76.0 Å². The molecule has 4 aromatic rings. The number of hydrogen-bond acceptors (Lipinski definition) is 5. The summed E-state index contributed by atoms with van der Waals surface area (Å²) in [6.45, 7) is 8.80. The largest absolute Gasteiger partial charge is 0.378 e. The minimum absolute atomic E-state index is 0.265. The molecular formula is C38H50N4O. The van der Waals surface area contributed by atoms with E-state index < -0.39 is 0 Å².